The van der Waals surface area contributed by atoms with E-state index in [-0.39, 0.29) is 17.8 Å². The summed E-state index contributed by atoms with van der Waals surface area (Å²) in [7, 11) is 0. The molecule has 0 atom stereocenters. The summed E-state index contributed by atoms with van der Waals surface area (Å²) in [6.07, 6.45) is 5.90. The maximum absolute atomic E-state index is 12.5. The van der Waals surface area contributed by atoms with Crippen LogP contribution < -0.4 is 21.3 Å². The lowest BCUT2D eigenvalue weighted by Crippen LogP contribution is -2.36. The van der Waals surface area contributed by atoms with Gasteiger partial charge >= 0.3 is 5.69 Å². The number of rotatable bonds is 2. The lowest BCUT2D eigenvalue weighted by Gasteiger charge is -2.23. The Morgan fingerprint density at radius 3 is 2.72 bits per heavy atom. The molecule has 3 N–H and O–H groups in total. The molecule has 1 aliphatic heterocycles. The highest BCUT2D eigenvalue weighted by molar-refractivity contribution is 5.94. The van der Waals surface area contributed by atoms with Crippen LogP contribution in [-0.2, 0) is 6.42 Å². The molecule has 0 spiro atoms. The van der Waals surface area contributed by atoms with Crippen molar-refractivity contribution in [3.63, 3.8) is 0 Å². The molecule has 7 nitrogen and oxygen atoms in total. The van der Waals surface area contributed by atoms with Crippen molar-refractivity contribution in [3.05, 3.63) is 55.7 Å². The minimum atomic E-state index is -0.601. The molecule has 2 heterocycles. The molecule has 1 saturated carbocycles. The summed E-state index contributed by atoms with van der Waals surface area (Å²) < 4.78 is 5.62. The van der Waals surface area contributed by atoms with Crippen LogP contribution in [0.2, 0.25) is 0 Å². The lowest BCUT2D eigenvalue weighted by molar-refractivity contribution is 0.0927. The summed E-state index contributed by atoms with van der Waals surface area (Å²) >= 11 is 0. The minimum Gasteiger partial charge on any atom is -0.440 e. The third kappa shape index (κ3) is 3.09. The first-order chi connectivity index (χ1) is 12.1. The van der Waals surface area contributed by atoms with Crippen molar-refractivity contribution in [3.8, 4) is 11.6 Å². The molecule has 2 aromatic rings. The van der Waals surface area contributed by atoms with E-state index in [0.29, 0.717) is 23.3 Å². The number of aromatic nitrogens is 2. The maximum atomic E-state index is 12.5. The van der Waals surface area contributed by atoms with Crippen LogP contribution in [0.4, 0.5) is 0 Å². The van der Waals surface area contributed by atoms with E-state index in [9.17, 15) is 14.4 Å². The number of carbonyl (C=O) groups excluding carboxylic acids is 1. The average Bonchev–Trinajstić information content (AvgIpc) is 2.60. The molecule has 130 valence electrons. The molecule has 0 radical (unpaired) electrons. The van der Waals surface area contributed by atoms with Crippen LogP contribution in [-0.4, -0.2) is 21.9 Å². The number of carbonyl (C=O) groups is 1. The zero-order valence-corrected chi connectivity index (χ0v) is 13.7. The van der Waals surface area contributed by atoms with E-state index in [1.165, 1.54) is 6.42 Å². The first kappa shape index (κ1) is 15.7. The summed E-state index contributed by atoms with van der Waals surface area (Å²) in [6, 6.07) is 5.39. The van der Waals surface area contributed by atoms with Gasteiger partial charge in [-0.15, -0.1) is 0 Å². The van der Waals surface area contributed by atoms with E-state index in [2.05, 4.69) is 15.3 Å². The van der Waals surface area contributed by atoms with E-state index in [4.69, 9.17) is 4.74 Å². The van der Waals surface area contributed by atoms with Crippen LogP contribution in [0, 0.1) is 0 Å². The van der Waals surface area contributed by atoms with Crippen LogP contribution in [0.25, 0.3) is 0 Å². The van der Waals surface area contributed by atoms with Crippen LogP contribution in [0.1, 0.15) is 53.6 Å². The second-order valence-corrected chi connectivity index (χ2v) is 6.63. The number of amides is 1. The van der Waals surface area contributed by atoms with Crippen molar-refractivity contribution in [2.75, 3.05) is 0 Å². The summed E-state index contributed by atoms with van der Waals surface area (Å²) in [5.74, 6) is 0.611. The molecule has 0 saturated heterocycles. The number of nitrogens with one attached hydrogen (secondary N) is 3. The minimum absolute atomic E-state index is 0.101. The third-order valence-corrected chi connectivity index (χ3v) is 4.84. The van der Waals surface area contributed by atoms with E-state index in [0.717, 1.165) is 31.2 Å². The normalized spacial score (nSPS) is 16.5. The van der Waals surface area contributed by atoms with Crippen molar-refractivity contribution in [1.29, 1.82) is 0 Å². The molecule has 1 aromatic heterocycles. The van der Waals surface area contributed by atoms with Gasteiger partial charge in [-0.1, -0.05) is 19.3 Å². The molecule has 7 heteroatoms. The van der Waals surface area contributed by atoms with Crippen LogP contribution in [0.3, 0.4) is 0 Å². The van der Waals surface area contributed by atoms with Gasteiger partial charge in [0.1, 0.15) is 5.75 Å². The number of H-pyrrole nitrogens is 2. The van der Waals surface area contributed by atoms with Crippen LogP contribution >= 0.6 is 0 Å². The summed E-state index contributed by atoms with van der Waals surface area (Å²) in [5.41, 5.74) is 0.590. The van der Waals surface area contributed by atoms with Gasteiger partial charge in [-0.3, -0.25) is 19.6 Å². The van der Waals surface area contributed by atoms with E-state index in [1.54, 1.807) is 18.2 Å². The van der Waals surface area contributed by atoms with E-state index in [1.807, 2.05) is 0 Å². The van der Waals surface area contributed by atoms with Crippen molar-refractivity contribution < 1.29 is 9.53 Å². The largest absolute Gasteiger partial charge is 0.440 e. The first-order valence-electron chi connectivity index (χ1n) is 8.57. The number of benzene rings is 1. The lowest BCUT2D eigenvalue weighted by atomic mass is 9.95. The van der Waals surface area contributed by atoms with Gasteiger partial charge in [0.25, 0.3) is 11.5 Å². The fourth-order valence-electron chi connectivity index (χ4n) is 3.51. The molecule has 1 amide bonds. The van der Waals surface area contributed by atoms with Gasteiger partial charge in [-0.2, -0.15) is 0 Å². The number of aromatic amines is 2. The SMILES string of the molecule is O=C(NC1CCCCC1)c1ccc2c(c1)Cc1c([nH]c(=O)[nH]c1=O)O2. The fourth-order valence-corrected chi connectivity index (χ4v) is 3.51. The van der Waals surface area contributed by atoms with Crippen LogP contribution in [0.5, 0.6) is 11.6 Å². The molecule has 1 aromatic carbocycles. The Labute approximate surface area is 143 Å². The topological polar surface area (TPSA) is 104 Å². The van der Waals surface area contributed by atoms with Gasteiger partial charge in [0.2, 0.25) is 5.88 Å². The summed E-state index contributed by atoms with van der Waals surface area (Å²) in [5, 5.41) is 3.08. The second kappa shape index (κ2) is 6.23. The monoisotopic (exact) mass is 341 g/mol. The Morgan fingerprint density at radius 2 is 1.92 bits per heavy atom. The molecular formula is C18H19N3O4. The molecule has 25 heavy (non-hydrogen) atoms. The molecule has 0 unspecified atom stereocenters. The predicted molar refractivity (Wildman–Crippen MR) is 91.3 cm³/mol. The van der Waals surface area contributed by atoms with Crippen molar-refractivity contribution in [2.24, 2.45) is 0 Å². The van der Waals surface area contributed by atoms with Gasteiger partial charge in [-0.25, -0.2) is 4.79 Å². The number of hydrogen-bond acceptors (Lipinski definition) is 4. The quantitative estimate of drug-likeness (QED) is 0.661. The third-order valence-electron chi connectivity index (χ3n) is 4.84. The Kier molecular flexibility index (Phi) is 3.91. The highest BCUT2D eigenvalue weighted by Gasteiger charge is 2.23. The summed E-state index contributed by atoms with van der Waals surface area (Å²) in [4.78, 5) is 40.5. The molecule has 2 aliphatic rings. The van der Waals surface area contributed by atoms with Crippen molar-refractivity contribution >= 4 is 5.91 Å². The number of hydrogen-bond donors (Lipinski definition) is 3. The van der Waals surface area contributed by atoms with Gasteiger partial charge in [0.15, 0.2) is 0 Å². The highest BCUT2D eigenvalue weighted by atomic mass is 16.5. The zero-order valence-electron chi connectivity index (χ0n) is 13.7. The van der Waals surface area contributed by atoms with E-state index >= 15 is 0 Å². The first-order valence-corrected chi connectivity index (χ1v) is 8.57. The Balaban J connectivity index is 1.58. The highest BCUT2D eigenvalue weighted by Crippen LogP contribution is 2.33. The maximum Gasteiger partial charge on any atom is 0.328 e. The predicted octanol–water partition coefficient (Wildman–Crippen LogP) is 1.82. The standard InChI is InChI=1S/C18H19N3O4/c22-15(19-12-4-2-1-3-5-12)10-6-7-14-11(8-10)9-13-16(23)20-18(24)21-17(13)25-14/h6-8,12H,1-5,9H2,(H,19,22)(H2,20,21,23,24). The molecule has 1 aliphatic carbocycles. The Bertz CT molecular complexity index is 938. The Morgan fingerprint density at radius 1 is 1.12 bits per heavy atom. The zero-order chi connectivity index (χ0) is 17.4. The van der Waals surface area contributed by atoms with Crippen molar-refractivity contribution in [1.82, 2.24) is 15.3 Å². The van der Waals surface area contributed by atoms with Gasteiger partial charge < -0.3 is 10.1 Å². The average molecular weight is 341 g/mol. The number of fused-ring (bicyclic) bond motifs is 2. The molecule has 1 fully saturated rings. The van der Waals surface area contributed by atoms with Gasteiger partial charge in [0.05, 0.1) is 5.56 Å². The molecule has 0 bridgehead atoms. The van der Waals surface area contributed by atoms with Crippen molar-refractivity contribution in [2.45, 2.75) is 44.6 Å². The van der Waals surface area contributed by atoms with E-state index < -0.39 is 11.2 Å². The Hall–Kier alpha value is -2.83. The van der Waals surface area contributed by atoms with Crippen LogP contribution in [0.15, 0.2) is 27.8 Å². The smallest absolute Gasteiger partial charge is 0.328 e. The molecule has 4 rings (SSSR count). The second-order valence-electron chi connectivity index (χ2n) is 6.63. The van der Waals surface area contributed by atoms with Gasteiger partial charge in [-0.05, 0) is 31.0 Å². The summed E-state index contributed by atoms with van der Waals surface area (Å²) in [6.45, 7) is 0. The van der Waals surface area contributed by atoms with Gasteiger partial charge in [0, 0.05) is 23.6 Å². The molecular weight excluding hydrogens is 322 g/mol. The number of ether oxygens (including phenoxy) is 1. The fraction of sp³-hybridized carbons (Fsp3) is 0.389.